The molecule has 3 heteroatoms. The third-order valence-corrected chi connectivity index (χ3v) is 4.32. The van der Waals surface area contributed by atoms with Gasteiger partial charge in [0.1, 0.15) is 0 Å². The van der Waals surface area contributed by atoms with Gasteiger partial charge in [0.15, 0.2) is 0 Å². The van der Waals surface area contributed by atoms with Crippen LogP contribution in [0.3, 0.4) is 0 Å². The van der Waals surface area contributed by atoms with E-state index in [0.29, 0.717) is 0 Å². The summed E-state index contributed by atoms with van der Waals surface area (Å²) in [5.41, 5.74) is 8.44. The highest BCUT2D eigenvalue weighted by molar-refractivity contribution is 9.10. The molecule has 0 heterocycles. The number of benzene rings is 1. The molecule has 0 aliphatic carbocycles. The Bertz CT molecular complexity index is 386. The van der Waals surface area contributed by atoms with Crippen LogP contribution >= 0.6 is 15.9 Å². The van der Waals surface area contributed by atoms with Gasteiger partial charge in [0.2, 0.25) is 0 Å². The van der Waals surface area contributed by atoms with Gasteiger partial charge >= 0.3 is 0 Å². The minimum absolute atomic E-state index is 0.0583. The van der Waals surface area contributed by atoms with E-state index < -0.39 is 0 Å². The van der Waals surface area contributed by atoms with Crippen molar-refractivity contribution in [3.8, 4) is 0 Å². The monoisotopic (exact) mass is 298 g/mol. The SMILES string of the molecule is CCC(C)(C)N(C)c1ccc(C(C)N)c(Br)c1. The number of hydrogen-bond acceptors (Lipinski definition) is 2. The summed E-state index contributed by atoms with van der Waals surface area (Å²) in [4.78, 5) is 2.31. The predicted octanol–water partition coefficient (Wildman–Crippen LogP) is 4.09. The zero-order valence-electron chi connectivity index (χ0n) is 11.4. The summed E-state index contributed by atoms with van der Waals surface area (Å²) in [6.07, 6.45) is 1.11. The third-order valence-electron chi connectivity index (χ3n) is 3.64. The van der Waals surface area contributed by atoms with Crippen molar-refractivity contribution in [1.82, 2.24) is 0 Å². The van der Waals surface area contributed by atoms with Crippen LogP contribution in [0.4, 0.5) is 5.69 Å². The van der Waals surface area contributed by atoms with E-state index in [0.717, 1.165) is 16.5 Å². The molecule has 0 radical (unpaired) electrons. The van der Waals surface area contributed by atoms with Crippen LogP contribution in [-0.4, -0.2) is 12.6 Å². The minimum atomic E-state index is 0.0583. The number of nitrogens with two attached hydrogens (primary N) is 1. The van der Waals surface area contributed by atoms with Crippen LogP contribution in [0.25, 0.3) is 0 Å². The largest absolute Gasteiger partial charge is 0.369 e. The van der Waals surface area contributed by atoms with E-state index >= 15 is 0 Å². The number of rotatable bonds is 4. The van der Waals surface area contributed by atoms with Crippen LogP contribution in [0, 0.1) is 0 Å². The van der Waals surface area contributed by atoms with Gasteiger partial charge in [0, 0.05) is 28.8 Å². The van der Waals surface area contributed by atoms with Gasteiger partial charge in [-0.15, -0.1) is 0 Å². The summed E-state index contributed by atoms with van der Waals surface area (Å²) in [6.45, 7) is 8.71. The van der Waals surface area contributed by atoms with Crippen molar-refractivity contribution in [3.63, 3.8) is 0 Å². The number of nitrogens with zero attached hydrogens (tertiary/aromatic N) is 1. The molecule has 0 fully saturated rings. The van der Waals surface area contributed by atoms with E-state index in [1.165, 1.54) is 5.69 Å². The average Bonchev–Trinajstić information content (AvgIpc) is 2.27. The fourth-order valence-electron chi connectivity index (χ4n) is 1.68. The zero-order valence-corrected chi connectivity index (χ0v) is 13.0. The normalized spacial score (nSPS) is 13.6. The Balaban J connectivity index is 3.06. The topological polar surface area (TPSA) is 29.3 Å². The van der Waals surface area contributed by atoms with E-state index in [2.05, 4.69) is 66.8 Å². The molecule has 0 saturated heterocycles. The second kappa shape index (κ2) is 5.40. The van der Waals surface area contributed by atoms with Crippen LogP contribution in [0.2, 0.25) is 0 Å². The molecule has 0 aromatic heterocycles. The second-order valence-corrected chi connectivity index (χ2v) is 6.07. The molecule has 0 saturated carbocycles. The summed E-state index contributed by atoms with van der Waals surface area (Å²) in [7, 11) is 2.14. The molecule has 1 aromatic rings. The summed E-state index contributed by atoms with van der Waals surface area (Å²) < 4.78 is 1.09. The highest BCUT2D eigenvalue weighted by atomic mass is 79.9. The molecule has 96 valence electrons. The van der Waals surface area contributed by atoms with Gasteiger partial charge in [-0.05, 0) is 44.9 Å². The van der Waals surface area contributed by atoms with Crippen LogP contribution in [0.15, 0.2) is 22.7 Å². The lowest BCUT2D eigenvalue weighted by molar-refractivity contribution is 0.470. The smallest absolute Gasteiger partial charge is 0.0379 e. The third kappa shape index (κ3) is 3.23. The van der Waals surface area contributed by atoms with Crippen molar-refractivity contribution in [2.24, 2.45) is 5.73 Å². The van der Waals surface area contributed by atoms with Crippen LogP contribution in [0.1, 0.15) is 45.7 Å². The molecular weight excluding hydrogens is 276 g/mol. The van der Waals surface area contributed by atoms with Gasteiger partial charge in [0.05, 0.1) is 0 Å². The van der Waals surface area contributed by atoms with Gasteiger partial charge in [-0.3, -0.25) is 0 Å². The molecule has 0 amide bonds. The molecule has 0 aliphatic rings. The quantitative estimate of drug-likeness (QED) is 0.907. The predicted molar refractivity (Wildman–Crippen MR) is 79.5 cm³/mol. The Labute approximate surface area is 113 Å². The van der Waals surface area contributed by atoms with Crippen molar-refractivity contribution in [3.05, 3.63) is 28.2 Å². The molecule has 2 nitrogen and oxygen atoms in total. The lowest BCUT2D eigenvalue weighted by Crippen LogP contribution is -2.40. The molecule has 0 spiro atoms. The van der Waals surface area contributed by atoms with Gasteiger partial charge < -0.3 is 10.6 Å². The molecule has 17 heavy (non-hydrogen) atoms. The molecule has 2 N–H and O–H groups in total. The Morgan fingerprint density at radius 2 is 2.00 bits per heavy atom. The zero-order chi connectivity index (χ0) is 13.2. The summed E-state index contributed by atoms with van der Waals surface area (Å²) in [6, 6.07) is 6.45. The molecule has 1 aromatic carbocycles. The van der Waals surface area contributed by atoms with Crippen LogP contribution < -0.4 is 10.6 Å². The minimum Gasteiger partial charge on any atom is -0.369 e. The summed E-state index contributed by atoms with van der Waals surface area (Å²) >= 11 is 3.60. The van der Waals surface area contributed by atoms with E-state index in [1.807, 2.05) is 6.92 Å². The van der Waals surface area contributed by atoms with Crippen molar-refractivity contribution >= 4 is 21.6 Å². The van der Waals surface area contributed by atoms with Crippen molar-refractivity contribution < 1.29 is 0 Å². The Morgan fingerprint density at radius 1 is 1.41 bits per heavy atom. The van der Waals surface area contributed by atoms with Gasteiger partial charge in [-0.1, -0.05) is 28.9 Å². The first-order valence-electron chi connectivity index (χ1n) is 6.08. The van der Waals surface area contributed by atoms with Gasteiger partial charge in [0.25, 0.3) is 0 Å². The van der Waals surface area contributed by atoms with Crippen molar-refractivity contribution in [1.29, 1.82) is 0 Å². The molecule has 0 aliphatic heterocycles. The van der Waals surface area contributed by atoms with Gasteiger partial charge in [-0.2, -0.15) is 0 Å². The highest BCUT2D eigenvalue weighted by Crippen LogP contribution is 2.30. The Kier molecular flexibility index (Phi) is 4.62. The standard InChI is InChI=1S/C14H23BrN2/c1-6-14(3,4)17(5)11-7-8-12(10(2)16)13(15)9-11/h7-10H,6,16H2,1-5H3. The van der Waals surface area contributed by atoms with E-state index in [4.69, 9.17) is 5.73 Å². The fourth-order valence-corrected chi connectivity index (χ4v) is 2.41. The summed E-state index contributed by atoms with van der Waals surface area (Å²) in [5, 5.41) is 0. The molecule has 1 atom stereocenters. The first kappa shape index (κ1) is 14.5. The molecule has 0 bridgehead atoms. The van der Waals surface area contributed by atoms with Crippen LogP contribution in [0.5, 0.6) is 0 Å². The Hall–Kier alpha value is -0.540. The molecule has 1 rings (SSSR count). The van der Waals surface area contributed by atoms with Crippen molar-refractivity contribution in [2.75, 3.05) is 11.9 Å². The Morgan fingerprint density at radius 3 is 2.41 bits per heavy atom. The maximum absolute atomic E-state index is 5.91. The average molecular weight is 299 g/mol. The molecule has 1 unspecified atom stereocenters. The summed E-state index contributed by atoms with van der Waals surface area (Å²) in [5.74, 6) is 0. The maximum Gasteiger partial charge on any atom is 0.0379 e. The van der Waals surface area contributed by atoms with E-state index in [1.54, 1.807) is 0 Å². The first-order valence-corrected chi connectivity index (χ1v) is 6.87. The first-order chi connectivity index (χ1) is 7.79. The molecular formula is C14H23BrN2. The maximum atomic E-state index is 5.91. The fraction of sp³-hybridized carbons (Fsp3) is 0.571. The highest BCUT2D eigenvalue weighted by Gasteiger charge is 2.22. The second-order valence-electron chi connectivity index (χ2n) is 5.22. The lowest BCUT2D eigenvalue weighted by atomic mass is 9.98. The number of halogens is 1. The lowest BCUT2D eigenvalue weighted by Gasteiger charge is -2.37. The van der Waals surface area contributed by atoms with Crippen molar-refractivity contribution in [2.45, 2.75) is 45.7 Å². The number of anilines is 1. The van der Waals surface area contributed by atoms with Gasteiger partial charge in [-0.25, -0.2) is 0 Å². The van der Waals surface area contributed by atoms with Crippen LogP contribution in [-0.2, 0) is 0 Å². The number of hydrogen-bond donors (Lipinski definition) is 1. The van der Waals surface area contributed by atoms with E-state index in [9.17, 15) is 0 Å². The van der Waals surface area contributed by atoms with E-state index in [-0.39, 0.29) is 11.6 Å².